The fourth-order valence-electron chi connectivity index (χ4n) is 4.07. The van der Waals surface area contributed by atoms with Crippen molar-refractivity contribution >= 4 is 0 Å². The number of fused-ring (bicyclic) bond motifs is 1. The van der Waals surface area contributed by atoms with Crippen molar-refractivity contribution in [3.63, 3.8) is 0 Å². The van der Waals surface area contributed by atoms with Crippen molar-refractivity contribution in [2.75, 3.05) is 0 Å². The van der Waals surface area contributed by atoms with Crippen molar-refractivity contribution in [3.05, 3.63) is 63.8 Å². The maximum Gasteiger partial charge on any atom is 0.169 e. The van der Waals surface area contributed by atoms with Crippen LogP contribution in [0, 0.1) is 10.3 Å². The summed E-state index contributed by atoms with van der Waals surface area (Å²) >= 11 is 0. The van der Waals surface area contributed by atoms with Crippen LogP contribution in [0.1, 0.15) is 49.6 Å². The van der Waals surface area contributed by atoms with E-state index in [-0.39, 0.29) is 6.54 Å². The molecule has 1 aromatic carbocycles. The topological polar surface area (TPSA) is 68.3 Å². The maximum atomic E-state index is 10.4. The van der Waals surface area contributed by atoms with Gasteiger partial charge >= 0.3 is 0 Å². The Morgan fingerprint density at radius 2 is 1.96 bits per heavy atom. The summed E-state index contributed by atoms with van der Waals surface area (Å²) in [6, 6.07) is 9.66. The Balaban J connectivity index is 1.70. The molecule has 0 radical (unpaired) electrons. The van der Waals surface area contributed by atoms with Gasteiger partial charge in [0.25, 0.3) is 0 Å². The Bertz CT molecular complexity index is 1000. The molecule has 1 aliphatic carbocycles. The van der Waals surface area contributed by atoms with Crippen molar-refractivity contribution in [2.45, 2.75) is 53.0 Å². The van der Waals surface area contributed by atoms with Crippen LogP contribution >= 0.6 is 0 Å². The van der Waals surface area contributed by atoms with Gasteiger partial charge in [0.1, 0.15) is 12.2 Å². The first-order valence-electron chi connectivity index (χ1n) is 9.86. The summed E-state index contributed by atoms with van der Waals surface area (Å²) < 4.78 is 5.72. The van der Waals surface area contributed by atoms with Crippen LogP contribution in [0.15, 0.2) is 46.2 Å². The molecule has 28 heavy (non-hydrogen) atoms. The van der Waals surface area contributed by atoms with E-state index in [1.165, 1.54) is 16.8 Å². The molecular formula is C23H25N3O2. The SMILES string of the molecule is CCc1ncc(-c2cc(-c3ccc(CN=O)cc3)no2)c2c1CC(C)(C)CC2. The number of hydrogen-bond acceptors (Lipinski definition) is 5. The third-order valence-corrected chi connectivity index (χ3v) is 5.70. The predicted octanol–water partition coefficient (Wildman–Crippen LogP) is 5.75. The Hall–Kier alpha value is -2.82. The molecule has 0 amide bonds. The van der Waals surface area contributed by atoms with E-state index in [2.05, 4.69) is 31.1 Å². The number of aryl methyl sites for hydroxylation is 1. The highest BCUT2D eigenvalue weighted by atomic mass is 16.5. The minimum absolute atomic E-state index is 0.183. The van der Waals surface area contributed by atoms with Crippen molar-refractivity contribution in [1.82, 2.24) is 10.1 Å². The molecule has 144 valence electrons. The van der Waals surface area contributed by atoms with E-state index in [1.807, 2.05) is 36.5 Å². The van der Waals surface area contributed by atoms with Crippen molar-refractivity contribution < 1.29 is 4.52 Å². The van der Waals surface area contributed by atoms with E-state index in [0.29, 0.717) is 5.41 Å². The van der Waals surface area contributed by atoms with Gasteiger partial charge in [-0.25, -0.2) is 0 Å². The molecule has 0 aliphatic heterocycles. The van der Waals surface area contributed by atoms with E-state index in [9.17, 15) is 4.91 Å². The molecule has 0 fully saturated rings. The molecule has 3 aromatic rings. The first-order chi connectivity index (χ1) is 13.5. The summed E-state index contributed by atoms with van der Waals surface area (Å²) in [5.74, 6) is 0.764. The van der Waals surface area contributed by atoms with Gasteiger partial charge in [0.2, 0.25) is 0 Å². The van der Waals surface area contributed by atoms with Crippen molar-refractivity contribution in [3.8, 4) is 22.6 Å². The molecule has 1 aliphatic rings. The van der Waals surface area contributed by atoms with Crippen molar-refractivity contribution in [2.24, 2.45) is 10.6 Å². The molecular weight excluding hydrogens is 350 g/mol. The molecule has 0 bridgehead atoms. The van der Waals surface area contributed by atoms with Gasteiger partial charge in [0.05, 0.1) is 0 Å². The summed E-state index contributed by atoms with van der Waals surface area (Å²) in [6.07, 6.45) is 6.14. The molecule has 0 saturated carbocycles. The zero-order valence-electron chi connectivity index (χ0n) is 16.7. The molecule has 2 aromatic heterocycles. The Kier molecular flexibility index (Phi) is 4.84. The highest BCUT2D eigenvalue weighted by molar-refractivity contribution is 5.70. The molecule has 0 atom stereocenters. The summed E-state index contributed by atoms with van der Waals surface area (Å²) in [6.45, 7) is 7.01. The summed E-state index contributed by atoms with van der Waals surface area (Å²) in [5, 5.41) is 7.20. The van der Waals surface area contributed by atoms with E-state index >= 15 is 0 Å². The lowest BCUT2D eigenvalue weighted by molar-refractivity contribution is 0.313. The number of rotatable bonds is 5. The normalized spacial score (nSPS) is 15.2. The fourth-order valence-corrected chi connectivity index (χ4v) is 4.07. The lowest BCUT2D eigenvalue weighted by Crippen LogP contribution is -2.24. The van der Waals surface area contributed by atoms with Crippen LogP contribution in [-0.4, -0.2) is 10.1 Å². The van der Waals surface area contributed by atoms with Crippen LogP contribution in [0.4, 0.5) is 0 Å². The molecule has 2 heterocycles. The molecule has 0 saturated heterocycles. The second-order valence-electron chi connectivity index (χ2n) is 8.33. The summed E-state index contributed by atoms with van der Waals surface area (Å²) in [4.78, 5) is 15.1. The number of hydrogen-bond donors (Lipinski definition) is 0. The van der Waals surface area contributed by atoms with Gasteiger partial charge in [-0.3, -0.25) is 4.98 Å². The van der Waals surface area contributed by atoms with Crippen LogP contribution < -0.4 is 0 Å². The number of benzene rings is 1. The highest BCUT2D eigenvalue weighted by Crippen LogP contribution is 2.40. The fraction of sp³-hybridized carbons (Fsp3) is 0.391. The second-order valence-corrected chi connectivity index (χ2v) is 8.33. The van der Waals surface area contributed by atoms with Gasteiger partial charge in [-0.1, -0.05) is 55.4 Å². The molecule has 4 rings (SSSR count). The van der Waals surface area contributed by atoms with Crippen LogP contribution in [0.2, 0.25) is 0 Å². The Labute approximate surface area is 165 Å². The summed E-state index contributed by atoms with van der Waals surface area (Å²) in [5.41, 5.74) is 7.94. The number of aromatic nitrogens is 2. The first-order valence-corrected chi connectivity index (χ1v) is 9.86. The van der Waals surface area contributed by atoms with E-state index in [0.717, 1.165) is 53.8 Å². The maximum absolute atomic E-state index is 10.4. The third kappa shape index (κ3) is 3.49. The van der Waals surface area contributed by atoms with Crippen molar-refractivity contribution in [1.29, 1.82) is 0 Å². The lowest BCUT2D eigenvalue weighted by Gasteiger charge is -2.33. The quantitative estimate of drug-likeness (QED) is 0.533. The Morgan fingerprint density at radius 1 is 1.18 bits per heavy atom. The van der Waals surface area contributed by atoms with Crippen LogP contribution in [-0.2, 0) is 25.8 Å². The van der Waals surface area contributed by atoms with Gasteiger partial charge in [0.15, 0.2) is 5.76 Å². The van der Waals surface area contributed by atoms with Gasteiger partial charge in [0, 0.05) is 29.1 Å². The second kappa shape index (κ2) is 7.30. The highest BCUT2D eigenvalue weighted by Gasteiger charge is 2.30. The monoisotopic (exact) mass is 375 g/mol. The predicted molar refractivity (Wildman–Crippen MR) is 110 cm³/mol. The standard InChI is InChI=1S/C23H25N3O2/c1-4-20-18-12-23(2,3)10-9-17(18)19(14-24-20)22-11-21(26-28-22)16-7-5-15(6-8-16)13-25-27/h5-8,11,14H,4,9-10,12-13H2,1-3H3. The largest absolute Gasteiger partial charge is 0.356 e. The van der Waals surface area contributed by atoms with Crippen LogP contribution in [0.3, 0.4) is 0 Å². The Morgan fingerprint density at radius 3 is 2.68 bits per heavy atom. The van der Waals surface area contributed by atoms with Gasteiger partial charge in [-0.15, -0.1) is 0 Å². The van der Waals surface area contributed by atoms with Crippen LogP contribution in [0.25, 0.3) is 22.6 Å². The minimum atomic E-state index is 0.183. The molecule has 5 nitrogen and oxygen atoms in total. The minimum Gasteiger partial charge on any atom is -0.356 e. The van der Waals surface area contributed by atoms with Gasteiger partial charge in [-0.05, 0) is 47.8 Å². The average Bonchev–Trinajstić information content (AvgIpc) is 3.17. The first kappa shape index (κ1) is 18.5. The zero-order valence-corrected chi connectivity index (χ0v) is 16.7. The smallest absolute Gasteiger partial charge is 0.169 e. The van der Waals surface area contributed by atoms with E-state index < -0.39 is 0 Å². The molecule has 5 heteroatoms. The number of nitroso groups, excluding NO2 is 1. The lowest BCUT2D eigenvalue weighted by atomic mass is 9.72. The van der Waals surface area contributed by atoms with Gasteiger partial charge < -0.3 is 4.52 Å². The molecule has 0 N–H and O–H groups in total. The number of pyridine rings is 1. The zero-order chi connectivity index (χ0) is 19.7. The average molecular weight is 375 g/mol. The summed E-state index contributed by atoms with van der Waals surface area (Å²) in [7, 11) is 0. The van der Waals surface area contributed by atoms with E-state index in [4.69, 9.17) is 9.51 Å². The van der Waals surface area contributed by atoms with E-state index in [1.54, 1.807) is 0 Å². The van der Waals surface area contributed by atoms with Gasteiger partial charge in [-0.2, -0.15) is 4.91 Å². The molecule has 0 unspecified atom stereocenters. The third-order valence-electron chi connectivity index (χ3n) is 5.70. The van der Waals surface area contributed by atoms with Crippen LogP contribution in [0.5, 0.6) is 0 Å². The number of nitrogens with zero attached hydrogens (tertiary/aromatic N) is 3. The molecule has 0 spiro atoms.